The molecule has 2 N–H and O–H groups in total. The van der Waals surface area contributed by atoms with Gasteiger partial charge in [-0.1, -0.05) is 23.7 Å². The van der Waals surface area contributed by atoms with Crippen molar-refractivity contribution in [2.24, 2.45) is 0 Å². The van der Waals surface area contributed by atoms with Gasteiger partial charge in [0.05, 0.1) is 10.7 Å². The number of nitrogens with zero attached hydrogens (tertiary/aromatic N) is 1. The number of urea groups is 1. The van der Waals surface area contributed by atoms with Gasteiger partial charge in [0.1, 0.15) is 5.82 Å². The van der Waals surface area contributed by atoms with Crippen LogP contribution in [-0.4, -0.2) is 20.1 Å². The predicted octanol–water partition coefficient (Wildman–Crippen LogP) is 3.87. The average molecular weight is 322 g/mol. The minimum Gasteiger partial charge on any atom is -0.378 e. The highest BCUT2D eigenvalue weighted by Gasteiger charge is 2.06. The molecular weight excluding hydrogens is 305 g/mol. The Morgan fingerprint density at radius 2 is 1.86 bits per heavy atom. The average Bonchev–Trinajstić information content (AvgIpc) is 2.48. The highest BCUT2D eigenvalue weighted by Crippen LogP contribution is 2.22. The lowest BCUT2D eigenvalue weighted by Crippen LogP contribution is -2.28. The first-order valence-corrected chi connectivity index (χ1v) is 7.09. The monoisotopic (exact) mass is 321 g/mol. The van der Waals surface area contributed by atoms with Crippen LogP contribution in [0.25, 0.3) is 0 Å². The van der Waals surface area contributed by atoms with Gasteiger partial charge in [-0.15, -0.1) is 0 Å². The van der Waals surface area contributed by atoms with Crippen molar-refractivity contribution in [3.63, 3.8) is 0 Å². The van der Waals surface area contributed by atoms with Crippen molar-refractivity contribution in [1.29, 1.82) is 0 Å². The van der Waals surface area contributed by atoms with Gasteiger partial charge in [-0.2, -0.15) is 0 Å². The number of carbonyl (C=O) groups is 1. The van der Waals surface area contributed by atoms with Gasteiger partial charge in [0.2, 0.25) is 0 Å². The van der Waals surface area contributed by atoms with E-state index in [9.17, 15) is 9.18 Å². The van der Waals surface area contributed by atoms with Crippen LogP contribution in [0.15, 0.2) is 42.5 Å². The largest absolute Gasteiger partial charge is 0.378 e. The number of hydrogen-bond acceptors (Lipinski definition) is 2. The SMILES string of the molecule is CN(C)c1ccc(CNC(=O)Nc2ccc(F)cc2Cl)cc1. The molecule has 0 radical (unpaired) electrons. The van der Waals surface area contributed by atoms with Gasteiger partial charge in [0.15, 0.2) is 0 Å². The molecule has 0 aliphatic carbocycles. The number of carbonyl (C=O) groups excluding carboxylic acids is 1. The third kappa shape index (κ3) is 4.36. The number of hydrogen-bond donors (Lipinski definition) is 2. The van der Waals surface area contributed by atoms with Crippen LogP contribution in [0.1, 0.15) is 5.56 Å². The van der Waals surface area contributed by atoms with Crippen molar-refractivity contribution < 1.29 is 9.18 Å². The number of nitrogens with one attached hydrogen (secondary N) is 2. The molecule has 0 unspecified atom stereocenters. The maximum Gasteiger partial charge on any atom is 0.319 e. The van der Waals surface area contributed by atoms with E-state index >= 15 is 0 Å². The molecule has 2 aromatic rings. The number of rotatable bonds is 4. The maximum atomic E-state index is 12.9. The van der Waals surface area contributed by atoms with Gasteiger partial charge < -0.3 is 15.5 Å². The molecule has 116 valence electrons. The van der Waals surface area contributed by atoms with Gasteiger partial charge in [0.25, 0.3) is 0 Å². The van der Waals surface area contributed by atoms with Gasteiger partial charge in [-0.3, -0.25) is 0 Å². The molecule has 2 rings (SSSR count). The first-order valence-electron chi connectivity index (χ1n) is 6.72. The van der Waals surface area contributed by atoms with Gasteiger partial charge in [0, 0.05) is 26.3 Å². The molecule has 0 spiro atoms. The fraction of sp³-hybridized carbons (Fsp3) is 0.188. The smallest absolute Gasteiger partial charge is 0.319 e. The summed E-state index contributed by atoms with van der Waals surface area (Å²) in [5.74, 6) is -0.447. The minimum atomic E-state index is -0.447. The number of anilines is 2. The van der Waals surface area contributed by atoms with Crippen LogP contribution in [0.2, 0.25) is 5.02 Å². The lowest BCUT2D eigenvalue weighted by molar-refractivity contribution is 0.251. The van der Waals surface area contributed by atoms with Crippen LogP contribution >= 0.6 is 11.6 Å². The van der Waals surface area contributed by atoms with E-state index < -0.39 is 11.8 Å². The molecule has 0 aliphatic rings. The molecule has 0 atom stereocenters. The van der Waals surface area contributed by atoms with Crippen LogP contribution in [0, 0.1) is 5.82 Å². The lowest BCUT2D eigenvalue weighted by atomic mass is 10.2. The molecule has 0 aliphatic heterocycles. The van der Waals surface area contributed by atoms with Crippen LogP contribution in [0.5, 0.6) is 0 Å². The Bertz CT molecular complexity index is 659. The second-order valence-corrected chi connectivity index (χ2v) is 5.40. The topological polar surface area (TPSA) is 44.4 Å². The van der Waals surface area contributed by atoms with Gasteiger partial charge >= 0.3 is 6.03 Å². The summed E-state index contributed by atoms with van der Waals surface area (Å²) in [6.07, 6.45) is 0. The van der Waals surface area contributed by atoms with Gasteiger partial charge in [-0.05, 0) is 35.9 Å². The highest BCUT2D eigenvalue weighted by atomic mass is 35.5. The van der Waals surface area contributed by atoms with E-state index in [1.807, 2.05) is 43.3 Å². The minimum absolute atomic E-state index is 0.158. The Hall–Kier alpha value is -2.27. The summed E-state index contributed by atoms with van der Waals surface area (Å²) in [7, 11) is 3.93. The summed E-state index contributed by atoms with van der Waals surface area (Å²) in [6.45, 7) is 0.387. The van der Waals surface area contributed by atoms with Crippen molar-refractivity contribution in [3.8, 4) is 0 Å². The summed E-state index contributed by atoms with van der Waals surface area (Å²) in [6, 6.07) is 11.3. The molecular formula is C16H17ClFN3O. The van der Waals surface area contributed by atoms with Gasteiger partial charge in [-0.25, -0.2) is 9.18 Å². The number of benzene rings is 2. The first-order chi connectivity index (χ1) is 10.5. The molecule has 22 heavy (non-hydrogen) atoms. The molecule has 4 nitrogen and oxygen atoms in total. The van der Waals surface area contributed by atoms with Crippen LogP contribution in [0.3, 0.4) is 0 Å². The highest BCUT2D eigenvalue weighted by molar-refractivity contribution is 6.33. The molecule has 0 heterocycles. The van der Waals surface area contributed by atoms with Crippen LogP contribution in [0.4, 0.5) is 20.6 Å². The first kappa shape index (κ1) is 16.1. The molecule has 2 aromatic carbocycles. The van der Waals surface area contributed by atoms with E-state index in [4.69, 9.17) is 11.6 Å². The quantitative estimate of drug-likeness (QED) is 0.898. The maximum absolute atomic E-state index is 12.9. The summed E-state index contributed by atoms with van der Waals surface area (Å²) in [5.41, 5.74) is 2.43. The molecule has 0 saturated carbocycles. The van der Waals surface area contributed by atoms with Crippen molar-refractivity contribution in [3.05, 3.63) is 58.9 Å². The van der Waals surface area contributed by atoms with E-state index in [0.29, 0.717) is 12.2 Å². The molecule has 0 aromatic heterocycles. The number of halogens is 2. The Balaban J connectivity index is 1.89. The zero-order valence-corrected chi connectivity index (χ0v) is 13.1. The fourth-order valence-electron chi connectivity index (χ4n) is 1.85. The second kappa shape index (κ2) is 7.13. The second-order valence-electron chi connectivity index (χ2n) is 4.99. The summed E-state index contributed by atoms with van der Waals surface area (Å²) < 4.78 is 12.9. The summed E-state index contributed by atoms with van der Waals surface area (Å²) >= 11 is 5.85. The Kier molecular flexibility index (Phi) is 5.22. The van der Waals surface area contributed by atoms with E-state index in [1.165, 1.54) is 12.1 Å². The van der Waals surface area contributed by atoms with Crippen molar-refractivity contribution in [2.75, 3.05) is 24.3 Å². The Morgan fingerprint density at radius 3 is 2.45 bits per heavy atom. The van der Waals surface area contributed by atoms with Crippen molar-refractivity contribution >= 4 is 29.0 Å². The third-order valence-electron chi connectivity index (χ3n) is 3.09. The number of amides is 2. The van der Waals surface area contributed by atoms with Crippen LogP contribution < -0.4 is 15.5 Å². The summed E-state index contributed by atoms with van der Waals surface area (Å²) in [4.78, 5) is 13.8. The standard InChI is InChI=1S/C16H17ClFN3O/c1-21(2)13-6-3-11(4-7-13)10-19-16(22)20-15-8-5-12(18)9-14(15)17/h3-9H,10H2,1-2H3,(H2,19,20,22). The summed E-state index contributed by atoms with van der Waals surface area (Å²) in [5, 5.41) is 5.46. The molecule has 0 fully saturated rings. The molecule has 0 bridgehead atoms. The van der Waals surface area contributed by atoms with E-state index in [0.717, 1.165) is 17.3 Å². The fourth-order valence-corrected chi connectivity index (χ4v) is 2.07. The van der Waals surface area contributed by atoms with Crippen LogP contribution in [-0.2, 0) is 6.54 Å². The predicted molar refractivity (Wildman–Crippen MR) is 88.0 cm³/mol. The Labute approximate surface area is 133 Å². The lowest BCUT2D eigenvalue weighted by Gasteiger charge is -2.13. The van der Waals surface area contributed by atoms with E-state index in [-0.39, 0.29) is 5.02 Å². The normalized spacial score (nSPS) is 10.2. The zero-order chi connectivity index (χ0) is 16.1. The van der Waals surface area contributed by atoms with E-state index in [2.05, 4.69) is 10.6 Å². The molecule has 0 saturated heterocycles. The van der Waals surface area contributed by atoms with Crippen molar-refractivity contribution in [2.45, 2.75) is 6.54 Å². The Morgan fingerprint density at radius 1 is 1.18 bits per heavy atom. The molecule has 6 heteroatoms. The zero-order valence-electron chi connectivity index (χ0n) is 12.4. The molecule has 2 amide bonds. The third-order valence-corrected chi connectivity index (χ3v) is 3.40. The van der Waals surface area contributed by atoms with E-state index in [1.54, 1.807) is 0 Å². The van der Waals surface area contributed by atoms with Crippen molar-refractivity contribution in [1.82, 2.24) is 5.32 Å².